The highest BCUT2D eigenvalue weighted by molar-refractivity contribution is 7.10. The van der Waals surface area contributed by atoms with Crippen LogP contribution in [0.1, 0.15) is 4.88 Å². The van der Waals surface area contributed by atoms with E-state index in [2.05, 4.69) is 10.5 Å². The van der Waals surface area contributed by atoms with E-state index in [0.29, 0.717) is 12.5 Å². The number of fused-ring (bicyclic) bond motifs is 3. The van der Waals surface area contributed by atoms with Gasteiger partial charge in [-0.1, -0.05) is 12.1 Å². The normalized spacial score (nSPS) is 16.6. The highest BCUT2D eigenvalue weighted by Gasteiger charge is 2.39. The Morgan fingerprint density at radius 2 is 2.15 bits per heavy atom. The van der Waals surface area contributed by atoms with Crippen molar-refractivity contribution in [3.8, 4) is 0 Å². The second kappa shape index (κ2) is 4.08. The Balaban J connectivity index is 1.75. The molecule has 100 valence electrons. The molecule has 0 unspecified atom stereocenters. The van der Waals surface area contributed by atoms with E-state index in [-0.39, 0.29) is 5.91 Å². The fraction of sp³-hybridized carbons (Fsp3) is 0.143. The van der Waals surface area contributed by atoms with Gasteiger partial charge in [0.05, 0.1) is 17.1 Å². The summed E-state index contributed by atoms with van der Waals surface area (Å²) in [6.07, 6.45) is 0. The molecule has 3 heterocycles. The van der Waals surface area contributed by atoms with Gasteiger partial charge in [-0.05, 0) is 25.1 Å². The number of hydrogen-bond donors (Lipinski definition) is 1. The number of nitrogens with zero attached hydrogens (tertiary/aromatic N) is 3. The highest BCUT2D eigenvalue weighted by atomic mass is 32.1. The number of rotatable bonds is 1. The number of nitrogens with one attached hydrogen (secondary N) is 1. The minimum absolute atomic E-state index is 0.0650. The molecule has 4 rings (SSSR count). The van der Waals surface area contributed by atoms with Crippen LogP contribution in [-0.4, -0.2) is 18.4 Å². The van der Waals surface area contributed by atoms with Crippen LogP contribution in [0, 0.1) is 6.92 Å². The van der Waals surface area contributed by atoms with Crippen molar-refractivity contribution in [3.63, 3.8) is 0 Å². The van der Waals surface area contributed by atoms with Gasteiger partial charge < -0.3 is 0 Å². The van der Waals surface area contributed by atoms with Gasteiger partial charge in [-0.3, -0.25) is 20.0 Å². The zero-order valence-corrected chi connectivity index (χ0v) is 11.6. The van der Waals surface area contributed by atoms with E-state index in [1.165, 1.54) is 4.88 Å². The monoisotopic (exact) mass is 284 g/mol. The minimum Gasteiger partial charge on any atom is -0.299 e. The van der Waals surface area contributed by atoms with E-state index in [9.17, 15) is 4.79 Å². The molecule has 1 aromatic carbocycles. The maximum atomic E-state index is 12.5. The predicted octanol–water partition coefficient (Wildman–Crippen LogP) is 2.61. The van der Waals surface area contributed by atoms with E-state index in [4.69, 9.17) is 0 Å². The number of carbonyl (C=O) groups is 1. The van der Waals surface area contributed by atoms with Crippen LogP contribution in [0.2, 0.25) is 0 Å². The Hall–Kier alpha value is -2.34. The lowest BCUT2D eigenvalue weighted by molar-refractivity contribution is -0.111. The lowest BCUT2D eigenvalue weighted by Gasteiger charge is -2.24. The van der Waals surface area contributed by atoms with Crippen LogP contribution in [0.3, 0.4) is 0 Å². The maximum absolute atomic E-state index is 12.5. The molecule has 20 heavy (non-hydrogen) atoms. The first-order valence-electron chi connectivity index (χ1n) is 6.31. The molecule has 2 aliphatic rings. The molecule has 0 spiro atoms. The van der Waals surface area contributed by atoms with Crippen LogP contribution < -0.4 is 15.2 Å². The summed E-state index contributed by atoms with van der Waals surface area (Å²) >= 11 is 1.64. The van der Waals surface area contributed by atoms with Gasteiger partial charge in [-0.15, -0.1) is 11.3 Å². The summed E-state index contributed by atoms with van der Waals surface area (Å²) in [4.78, 5) is 17.4. The van der Waals surface area contributed by atoms with Crippen molar-refractivity contribution >= 4 is 40.1 Å². The van der Waals surface area contributed by atoms with E-state index < -0.39 is 0 Å². The van der Waals surface area contributed by atoms with Crippen molar-refractivity contribution in [1.82, 2.24) is 0 Å². The molecule has 1 aromatic heterocycles. The van der Waals surface area contributed by atoms with Crippen LogP contribution >= 0.6 is 11.3 Å². The van der Waals surface area contributed by atoms with Gasteiger partial charge in [-0.25, -0.2) is 0 Å². The Kier molecular flexibility index (Phi) is 2.34. The summed E-state index contributed by atoms with van der Waals surface area (Å²) in [5, 5.41) is 6.21. The van der Waals surface area contributed by atoms with Crippen LogP contribution in [0.4, 0.5) is 17.1 Å². The Morgan fingerprint density at radius 1 is 1.30 bits per heavy atom. The fourth-order valence-electron chi connectivity index (χ4n) is 2.49. The summed E-state index contributed by atoms with van der Waals surface area (Å²) < 4.78 is 0. The SMILES string of the molecule is Cc1cc(N2CN3C(=NNc4ccccc43)C2=O)cs1. The smallest absolute Gasteiger partial charge is 0.297 e. The molecular weight excluding hydrogens is 272 g/mol. The van der Waals surface area contributed by atoms with Crippen LogP contribution in [0.25, 0.3) is 0 Å². The second-order valence-electron chi connectivity index (χ2n) is 4.78. The zero-order valence-electron chi connectivity index (χ0n) is 10.8. The number of hydrogen-bond acceptors (Lipinski definition) is 5. The third kappa shape index (κ3) is 1.55. The number of thiophene rings is 1. The van der Waals surface area contributed by atoms with Gasteiger partial charge in [0, 0.05) is 10.3 Å². The minimum atomic E-state index is -0.0650. The standard InChI is InChI=1S/C14H12N4OS/c1-9-6-10(7-20-9)17-8-18-12-5-3-2-4-11(12)15-16-13(18)14(17)19/h2-7,15H,8H2,1H3. The van der Waals surface area contributed by atoms with Crippen molar-refractivity contribution in [1.29, 1.82) is 0 Å². The number of amidine groups is 1. The summed E-state index contributed by atoms with van der Waals surface area (Å²) in [7, 11) is 0. The number of carbonyl (C=O) groups excluding carboxylic acids is 1. The lowest BCUT2D eigenvalue weighted by atomic mass is 10.2. The van der Waals surface area contributed by atoms with E-state index in [1.807, 2.05) is 47.5 Å². The number of aryl methyl sites for hydroxylation is 1. The molecule has 6 heteroatoms. The van der Waals surface area contributed by atoms with Crippen molar-refractivity contribution in [2.45, 2.75) is 6.92 Å². The number of para-hydroxylation sites is 2. The van der Waals surface area contributed by atoms with Crippen molar-refractivity contribution in [2.75, 3.05) is 21.9 Å². The molecular formula is C14H12N4OS. The van der Waals surface area contributed by atoms with Crippen molar-refractivity contribution < 1.29 is 4.79 Å². The number of amides is 1. The quantitative estimate of drug-likeness (QED) is 0.875. The molecule has 1 amide bonds. The largest absolute Gasteiger partial charge is 0.299 e. The number of anilines is 3. The number of hydrazone groups is 1. The molecule has 5 nitrogen and oxygen atoms in total. The third-order valence-corrected chi connectivity index (χ3v) is 4.33. The van der Waals surface area contributed by atoms with E-state index in [0.717, 1.165) is 17.1 Å². The highest BCUT2D eigenvalue weighted by Crippen LogP contribution is 2.34. The summed E-state index contributed by atoms with van der Waals surface area (Å²) in [5.41, 5.74) is 5.79. The lowest BCUT2D eigenvalue weighted by Crippen LogP contribution is -2.31. The molecule has 1 saturated heterocycles. The van der Waals surface area contributed by atoms with Crippen molar-refractivity contribution in [3.05, 3.63) is 40.6 Å². The molecule has 1 fully saturated rings. The number of benzene rings is 1. The van der Waals surface area contributed by atoms with Crippen LogP contribution in [-0.2, 0) is 4.79 Å². The average molecular weight is 284 g/mol. The Morgan fingerprint density at radius 3 is 2.95 bits per heavy atom. The van der Waals surface area contributed by atoms with Gasteiger partial charge >= 0.3 is 0 Å². The maximum Gasteiger partial charge on any atom is 0.297 e. The Labute approximate surface area is 120 Å². The van der Waals surface area contributed by atoms with Crippen molar-refractivity contribution in [2.24, 2.45) is 5.10 Å². The van der Waals surface area contributed by atoms with E-state index in [1.54, 1.807) is 16.2 Å². The topological polar surface area (TPSA) is 47.9 Å². The molecule has 2 aromatic rings. The molecule has 2 aliphatic heterocycles. The second-order valence-corrected chi connectivity index (χ2v) is 5.90. The third-order valence-electron chi connectivity index (χ3n) is 3.48. The van der Waals surface area contributed by atoms with Gasteiger partial charge in [-0.2, -0.15) is 5.10 Å². The summed E-state index contributed by atoms with van der Waals surface area (Å²) in [6, 6.07) is 9.89. The molecule has 1 N–H and O–H groups in total. The van der Waals surface area contributed by atoms with Gasteiger partial charge in [0.15, 0.2) is 0 Å². The predicted molar refractivity (Wildman–Crippen MR) is 81.4 cm³/mol. The molecule has 0 bridgehead atoms. The van der Waals surface area contributed by atoms with Crippen LogP contribution in [0.5, 0.6) is 0 Å². The van der Waals surface area contributed by atoms with E-state index >= 15 is 0 Å². The van der Waals surface area contributed by atoms with Gasteiger partial charge in [0.2, 0.25) is 5.84 Å². The molecule has 0 saturated carbocycles. The Bertz CT molecular complexity index is 736. The first-order chi connectivity index (χ1) is 9.74. The molecule has 0 atom stereocenters. The summed E-state index contributed by atoms with van der Waals surface area (Å²) in [5.74, 6) is 0.386. The first kappa shape index (κ1) is 11.5. The molecule has 0 aliphatic carbocycles. The zero-order chi connectivity index (χ0) is 13.7. The van der Waals surface area contributed by atoms with Crippen LogP contribution in [0.15, 0.2) is 40.8 Å². The first-order valence-corrected chi connectivity index (χ1v) is 7.19. The molecule has 0 radical (unpaired) electrons. The van der Waals surface area contributed by atoms with Gasteiger partial charge in [0.1, 0.15) is 6.67 Å². The average Bonchev–Trinajstić information content (AvgIpc) is 3.03. The summed E-state index contributed by atoms with van der Waals surface area (Å²) in [6.45, 7) is 2.54. The fourth-order valence-corrected chi connectivity index (χ4v) is 3.18. The van der Waals surface area contributed by atoms with Gasteiger partial charge in [0.25, 0.3) is 5.91 Å².